The van der Waals surface area contributed by atoms with E-state index in [9.17, 15) is 10.1 Å². The third-order valence-electron chi connectivity index (χ3n) is 5.86. The van der Waals surface area contributed by atoms with E-state index in [-0.39, 0.29) is 5.91 Å². The Hall–Kier alpha value is -3.11. The summed E-state index contributed by atoms with van der Waals surface area (Å²) >= 11 is 6.50. The molecule has 1 amide bonds. The molecule has 4 rings (SSSR count). The number of anilines is 2. The van der Waals surface area contributed by atoms with Gasteiger partial charge in [0.05, 0.1) is 16.9 Å². The normalized spacial score (nSPS) is 13.9. The van der Waals surface area contributed by atoms with Gasteiger partial charge in [0, 0.05) is 36.6 Å². The number of halogens is 1. The molecule has 0 radical (unpaired) electrons. The lowest BCUT2D eigenvalue weighted by Gasteiger charge is -2.29. The molecule has 0 saturated carbocycles. The highest BCUT2D eigenvalue weighted by molar-refractivity contribution is 6.33. The van der Waals surface area contributed by atoms with Crippen molar-refractivity contribution in [3.8, 4) is 6.07 Å². The number of nitrogens with zero attached hydrogens (tertiary/aromatic N) is 5. The van der Waals surface area contributed by atoms with E-state index in [2.05, 4.69) is 26.4 Å². The van der Waals surface area contributed by atoms with Crippen LogP contribution in [0.15, 0.2) is 24.4 Å². The Morgan fingerprint density at radius 3 is 2.74 bits per heavy atom. The number of hydrogen-bond donors (Lipinski definition) is 1. The quantitative estimate of drug-likeness (QED) is 0.639. The van der Waals surface area contributed by atoms with Crippen LogP contribution in [0, 0.1) is 25.2 Å². The molecule has 1 N–H and O–H groups in total. The summed E-state index contributed by atoms with van der Waals surface area (Å²) in [6, 6.07) is 7.82. The number of fused-ring (bicyclic) bond motifs is 1. The molecular formula is C23H25ClN6O. The first-order valence-electron chi connectivity index (χ1n) is 10.6. The topological polar surface area (TPSA) is 86.3 Å². The largest absolute Gasteiger partial charge is 0.370 e. The molecule has 3 heterocycles. The zero-order valence-corrected chi connectivity index (χ0v) is 18.5. The molecule has 1 aliphatic rings. The molecule has 0 bridgehead atoms. The minimum absolute atomic E-state index is 0.0844. The van der Waals surface area contributed by atoms with Crippen LogP contribution in [0.4, 0.5) is 11.4 Å². The Morgan fingerprint density at radius 2 is 2.03 bits per heavy atom. The third kappa shape index (κ3) is 4.35. The van der Waals surface area contributed by atoms with Gasteiger partial charge in [-0.3, -0.25) is 4.79 Å². The van der Waals surface area contributed by atoms with Crippen LogP contribution in [0.1, 0.15) is 48.2 Å². The lowest BCUT2D eigenvalue weighted by molar-refractivity contribution is -0.116. The zero-order valence-electron chi connectivity index (χ0n) is 17.8. The summed E-state index contributed by atoms with van der Waals surface area (Å²) in [6.07, 6.45) is 6.00. The lowest BCUT2D eigenvalue weighted by atomic mass is 10.1. The fourth-order valence-electron chi connectivity index (χ4n) is 4.19. The Balaban J connectivity index is 1.43. The van der Waals surface area contributed by atoms with Gasteiger partial charge in [0.2, 0.25) is 5.91 Å². The average molecular weight is 437 g/mol. The summed E-state index contributed by atoms with van der Waals surface area (Å²) in [5.74, 6) is -0.0844. The second-order valence-electron chi connectivity index (χ2n) is 7.93. The Kier molecular flexibility index (Phi) is 6.10. The summed E-state index contributed by atoms with van der Waals surface area (Å²) in [7, 11) is 0. The van der Waals surface area contributed by atoms with E-state index in [4.69, 9.17) is 11.6 Å². The number of nitrogens with one attached hydrogen (secondary N) is 1. The highest BCUT2D eigenvalue weighted by atomic mass is 35.5. The number of benzene rings is 1. The minimum Gasteiger partial charge on any atom is -0.370 e. The first-order chi connectivity index (χ1) is 15.0. The van der Waals surface area contributed by atoms with E-state index >= 15 is 0 Å². The smallest absolute Gasteiger partial charge is 0.224 e. The molecule has 1 aromatic carbocycles. The van der Waals surface area contributed by atoms with Crippen molar-refractivity contribution in [1.82, 2.24) is 14.6 Å². The SMILES string of the molecule is Cc1nc2c(C#N)cnn2c(C)c1CCC(=O)Nc1ccc(N2CCCCC2)c(Cl)c1. The molecule has 0 atom stereocenters. The summed E-state index contributed by atoms with van der Waals surface area (Å²) in [4.78, 5) is 19.4. The Labute approximate surface area is 186 Å². The van der Waals surface area contributed by atoms with Crippen LogP contribution in [0.3, 0.4) is 0 Å². The summed E-state index contributed by atoms with van der Waals surface area (Å²) in [5.41, 5.74) is 5.39. The van der Waals surface area contributed by atoms with Crippen LogP contribution in [0.2, 0.25) is 5.02 Å². The van der Waals surface area contributed by atoms with Crippen LogP contribution < -0.4 is 10.2 Å². The van der Waals surface area contributed by atoms with E-state index in [0.717, 1.165) is 35.7 Å². The highest BCUT2D eigenvalue weighted by Crippen LogP contribution is 2.31. The second-order valence-corrected chi connectivity index (χ2v) is 8.34. The molecule has 1 saturated heterocycles. The van der Waals surface area contributed by atoms with Gasteiger partial charge in [-0.2, -0.15) is 10.4 Å². The molecule has 1 fully saturated rings. The number of carbonyl (C=O) groups excluding carboxylic acids is 1. The maximum absolute atomic E-state index is 12.6. The molecule has 160 valence electrons. The van der Waals surface area contributed by atoms with Gasteiger partial charge in [0.15, 0.2) is 5.65 Å². The van der Waals surface area contributed by atoms with Crippen molar-refractivity contribution in [3.05, 3.63) is 51.9 Å². The predicted molar refractivity (Wildman–Crippen MR) is 122 cm³/mol. The average Bonchev–Trinajstić information content (AvgIpc) is 3.17. The molecule has 0 unspecified atom stereocenters. The van der Waals surface area contributed by atoms with Crippen molar-refractivity contribution in [3.63, 3.8) is 0 Å². The monoisotopic (exact) mass is 436 g/mol. The predicted octanol–water partition coefficient (Wildman–Crippen LogP) is 4.43. The van der Waals surface area contributed by atoms with Crippen LogP contribution in [-0.2, 0) is 11.2 Å². The number of amides is 1. The molecule has 3 aromatic rings. The van der Waals surface area contributed by atoms with Crippen LogP contribution in [0.25, 0.3) is 5.65 Å². The van der Waals surface area contributed by atoms with Gasteiger partial charge < -0.3 is 10.2 Å². The van der Waals surface area contributed by atoms with E-state index in [1.54, 1.807) is 4.52 Å². The number of aryl methyl sites for hydroxylation is 2. The van der Waals surface area contributed by atoms with Crippen molar-refractivity contribution in [2.75, 3.05) is 23.3 Å². The molecule has 0 aliphatic carbocycles. The van der Waals surface area contributed by atoms with Gasteiger partial charge in [0.25, 0.3) is 0 Å². The first kappa shape index (κ1) is 21.1. The van der Waals surface area contributed by atoms with E-state index in [1.165, 1.54) is 25.5 Å². The first-order valence-corrected chi connectivity index (χ1v) is 10.9. The van der Waals surface area contributed by atoms with E-state index in [0.29, 0.717) is 34.8 Å². The van der Waals surface area contributed by atoms with Crippen molar-refractivity contribution >= 4 is 34.5 Å². The summed E-state index contributed by atoms with van der Waals surface area (Å²) in [6.45, 7) is 5.87. The standard InChI is InChI=1S/C23H25ClN6O/c1-15-19(16(2)30-23(27-15)17(13-25)14-26-30)7-9-22(31)28-18-6-8-21(20(24)12-18)29-10-4-3-5-11-29/h6,8,12,14H,3-5,7,9-11H2,1-2H3,(H,28,31). The van der Waals surface area contributed by atoms with Gasteiger partial charge in [0.1, 0.15) is 11.6 Å². The number of rotatable bonds is 5. The fourth-order valence-corrected chi connectivity index (χ4v) is 4.49. The fraction of sp³-hybridized carbons (Fsp3) is 0.391. The van der Waals surface area contributed by atoms with Gasteiger partial charge in [-0.15, -0.1) is 0 Å². The second kappa shape index (κ2) is 8.94. The number of piperidine rings is 1. The number of nitriles is 1. The Morgan fingerprint density at radius 1 is 1.26 bits per heavy atom. The molecular weight excluding hydrogens is 412 g/mol. The van der Waals surface area contributed by atoms with Gasteiger partial charge >= 0.3 is 0 Å². The minimum atomic E-state index is -0.0844. The van der Waals surface area contributed by atoms with Crippen molar-refractivity contribution in [2.24, 2.45) is 0 Å². The van der Waals surface area contributed by atoms with Crippen LogP contribution in [-0.4, -0.2) is 33.6 Å². The zero-order chi connectivity index (χ0) is 22.0. The number of hydrogen-bond acceptors (Lipinski definition) is 5. The lowest BCUT2D eigenvalue weighted by Crippen LogP contribution is -2.29. The number of aromatic nitrogens is 3. The maximum atomic E-state index is 12.6. The van der Waals surface area contributed by atoms with Crippen LogP contribution >= 0.6 is 11.6 Å². The van der Waals surface area contributed by atoms with Crippen LogP contribution in [0.5, 0.6) is 0 Å². The Bertz CT molecular complexity index is 1170. The van der Waals surface area contributed by atoms with E-state index in [1.807, 2.05) is 32.0 Å². The highest BCUT2D eigenvalue weighted by Gasteiger charge is 2.16. The maximum Gasteiger partial charge on any atom is 0.224 e. The molecule has 1 aliphatic heterocycles. The van der Waals surface area contributed by atoms with Gasteiger partial charge in [-0.05, 0) is 63.3 Å². The molecule has 8 heteroatoms. The third-order valence-corrected chi connectivity index (χ3v) is 6.16. The van der Waals surface area contributed by atoms with E-state index < -0.39 is 0 Å². The summed E-state index contributed by atoms with van der Waals surface area (Å²) < 4.78 is 1.66. The molecule has 31 heavy (non-hydrogen) atoms. The van der Waals surface area contributed by atoms with Gasteiger partial charge in [-0.25, -0.2) is 9.50 Å². The summed E-state index contributed by atoms with van der Waals surface area (Å²) in [5, 5.41) is 17.1. The van der Waals surface area contributed by atoms with Gasteiger partial charge in [-0.1, -0.05) is 11.6 Å². The molecule has 2 aromatic heterocycles. The van der Waals surface area contributed by atoms with Crippen molar-refractivity contribution < 1.29 is 4.79 Å². The molecule has 0 spiro atoms. The van der Waals surface area contributed by atoms with Crippen molar-refractivity contribution in [2.45, 2.75) is 46.0 Å². The molecule has 7 nitrogen and oxygen atoms in total. The van der Waals surface area contributed by atoms with Crippen molar-refractivity contribution in [1.29, 1.82) is 5.26 Å². The number of carbonyl (C=O) groups is 1.